The predicted octanol–water partition coefficient (Wildman–Crippen LogP) is 4.37. The fourth-order valence-electron chi connectivity index (χ4n) is 2.64. The molecule has 1 aliphatic rings. The third-order valence-electron chi connectivity index (χ3n) is 3.65. The maximum absolute atomic E-state index is 6.33. The summed E-state index contributed by atoms with van der Waals surface area (Å²) in [5.41, 5.74) is 1.05. The average Bonchev–Trinajstić information content (AvgIpc) is 2.43. The number of pyridine rings is 1. The highest BCUT2D eigenvalue weighted by Crippen LogP contribution is 2.36. The van der Waals surface area contributed by atoms with Gasteiger partial charge in [0.05, 0.1) is 10.0 Å². The van der Waals surface area contributed by atoms with Gasteiger partial charge in [-0.15, -0.1) is 24.8 Å². The zero-order valence-electron chi connectivity index (χ0n) is 12.1. The van der Waals surface area contributed by atoms with E-state index >= 15 is 0 Å². The molecule has 0 aromatic carbocycles. The van der Waals surface area contributed by atoms with Crippen LogP contribution in [0.5, 0.6) is 0 Å². The summed E-state index contributed by atoms with van der Waals surface area (Å²) in [4.78, 5) is 6.54. The quantitative estimate of drug-likeness (QED) is 0.829. The Morgan fingerprint density at radius 3 is 2.29 bits per heavy atom. The smallest absolute Gasteiger partial charge is 0.0652 e. The number of rotatable bonds is 5. The molecule has 1 aromatic rings. The van der Waals surface area contributed by atoms with E-state index < -0.39 is 0 Å². The number of nitrogens with zero attached hydrogens (tertiary/aromatic N) is 2. The monoisotopic (exact) mass is 373 g/mol. The van der Waals surface area contributed by atoms with Gasteiger partial charge in [-0.1, -0.05) is 43.0 Å². The van der Waals surface area contributed by atoms with Crippen LogP contribution in [0.15, 0.2) is 12.4 Å². The third-order valence-corrected chi connectivity index (χ3v) is 4.25. The Balaban J connectivity index is 0.00000200. The summed E-state index contributed by atoms with van der Waals surface area (Å²) < 4.78 is 0. The van der Waals surface area contributed by atoms with Gasteiger partial charge < -0.3 is 5.32 Å². The highest BCUT2D eigenvalue weighted by Gasteiger charge is 2.25. The summed E-state index contributed by atoms with van der Waals surface area (Å²) >= 11 is 12.7. The van der Waals surface area contributed by atoms with Gasteiger partial charge in [-0.05, 0) is 6.42 Å². The minimum absolute atomic E-state index is 0. The largest absolute Gasteiger partial charge is 0.314 e. The lowest BCUT2D eigenvalue weighted by Gasteiger charge is -2.36. The molecule has 0 spiro atoms. The normalized spacial score (nSPS) is 16.7. The van der Waals surface area contributed by atoms with Crippen molar-refractivity contribution in [2.75, 3.05) is 26.2 Å². The van der Waals surface area contributed by atoms with Crippen LogP contribution >= 0.6 is 48.0 Å². The molecule has 1 fully saturated rings. The van der Waals surface area contributed by atoms with Gasteiger partial charge in [0.25, 0.3) is 0 Å². The molecule has 1 N–H and O–H groups in total. The van der Waals surface area contributed by atoms with E-state index in [2.05, 4.69) is 22.1 Å². The number of hydrogen-bond donors (Lipinski definition) is 1. The standard InChI is InChI=1S/C14H21Cl2N3.2ClH/c1-2-3-4-13(19-7-5-17-6-8-19)14-11(15)9-18-10-12(14)16;;/h9-10,13,17H,2-8H2,1H3;2*1H/t13-;;/m1../s1. The van der Waals surface area contributed by atoms with Gasteiger partial charge >= 0.3 is 0 Å². The summed E-state index contributed by atoms with van der Waals surface area (Å²) in [5.74, 6) is 0. The molecule has 122 valence electrons. The molecule has 1 aromatic heterocycles. The molecule has 3 nitrogen and oxygen atoms in total. The van der Waals surface area contributed by atoms with E-state index in [-0.39, 0.29) is 24.8 Å². The molecule has 0 bridgehead atoms. The molecule has 2 heterocycles. The van der Waals surface area contributed by atoms with E-state index in [9.17, 15) is 0 Å². The molecule has 0 aliphatic carbocycles. The third kappa shape index (κ3) is 5.74. The number of hydrogen-bond acceptors (Lipinski definition) is 3. The average molecular weight is 375 g/mol. The van der Waals surface area contributed by atoms with Gasteiger partial charge in [0.15, 0.2) is 0 Å². The SMILES string of the molecule is CCCC[C@H](c1c(Cl)cncc1Cl)N1CCNCC1.Cl.Cl. The van der Waals surface area contributed by atoms with E-state index in [4.69, 9.17) is 23.2 Å². The lowest BCUT2D eigenvalue weighted by molar-refractivity contribution is 0.163. The Bertz CT molecular complexity index is 391. The van der Waals surface area contributed by atoms with Gasteiger partial charge in [0, 0.05) is 50.2 Å². The van der Waals surface area contributed by atoms with E-state index in [1.807, 2.05) is 0 Å². The number of aromatic nitrogens is 1. The minimum atomic E-state index is 0. The molecule has 0 amide bonds. The van der Waals surface area contributed by atoms with Crippen LogP contribution in [-0.2, 0) is 0 Å². The van der Waals surface area contributed by atoms with Crippen molar-refractivity contribution < 1.29 is 0 Å². The van der Waals surface area contributed by atoms with Crippen LogP contribution < -0.4 is 5.32 Å². The Hall–Kier alpha value is 0.230. The first-order valence-electron chi connectivity index (χ1n) is 6.97. The second kappa shape index (κ2) is 10.9. The second-order valence-electron chi connectivity index (χ2n) is 4.96. The summed E-state index contributed by atoms with van der Waals surface area (Å²) in [6.07, 6.45) is 6.86. The molecule has 0 radical (unpaired) electrons. The maximum Gasteiger partial charge on any atom is 0.0652 e. The van der Waals surface area contributed by atoms with Crippen molar-refractivity contribution in [3.8, 4) is 0 Å². The van der Waals surface area contributed by atoms with Crippen molar-refractivity contribution in [1.82, 2.24) is 15.2 Å². The van der Waals surface area contributed by atoms with Crippen molar-refractivity contribution in [3.05, 3.63) is 28.0 Å². The van der Waals surface area contributed by atoms with Gasteiger partial charge in [-0.2, -0.15) is 0 Å². The Morgan fingerprint density at radius 1 is 1.19 bits per heavy atom. The van der Waals surface area contributed by atoms with Crippen molar-refractivity contribution >= 4 is 48.0 Å². The van der Waals surface area contributed by atoms with E-state index in [0.717, 1.165) is 38.2 Å². The Morgan fingerprint density at radius 2 is 1.76 bits per heavy atom. The van der Waals surface area contributed by atoms with Crippen molar-refractivity contribution in [2.24, 2.45) is 0 Å². The number of piperazine rings is 1. The second-order valence-corrected chi connectivity index (χ2v) is 5.78. The van der Waals surface area contributed by atoms with Crippen LogP contribution in [0.4, 0.5) is 0 Å². The highest BCUT2D eigenvalue weighted by atomic mass is 35.5. The Labute approximate surface area is 149 Å². The minimum Gasteiger partial charge on any atom is -0.314 e. The number of halogens is 4. The van der Waals surface area contributed by atoms with Crippen LogP contribution in [-0.4, -0.2) is 36.1 Å². The molecular formula is C14H23Cl4N3. The summed E-state index contributed by atoms with van der Waals surface area (Å²) in [5, 5.41) is 4.76. The zero-order valence-corrected chi connectivity index (χ0v) is 15.3. The summed E-state index contributed by atoms with van der Waals surface area (Å²) in [7, 11) is 0. The van der Waals surface area contributed by atoms with Gasteiger partial charge in [-0.3, -0.25) is 9.88 Å². The fraction of sp³-hybridized carbons (Fsp3) is 0.643. The van der Waals surface area contributed by atoms with E-state index in [1.54, 1.807) is 12.4 Å². The van der Waals surface area contributed by atoms with Gasteiger partial charge in [-0.25, -0.2) is 0 Å². The van der Waals surface area contributed by atoms with E-state index in [1.165, 1.54) is 12.8 Å². The maximum atomic E-state index is 6.33. The van der Waals surface area contributed by atoms with Gasteiger partial charge in [0.1, 0.15) is 0 Å². The predicted molar refractivity (Wildman–Crippen MR) is 95.5 cm³/mol. The van der Waals surface area contributed by atoms with Gasteiger partial charge in [0.2, 0.25) is 0 Å². The van der Waals surface area contributed by atoms with Crippen LogP contribution in [0.1, 0.15) is 37.8 Å². The highest BCUT2D eigenvalue weighted by molar-refractivity contribution is 6.35. The Kier molecular flexibility index (Phi) is 11.0. The van der Waals surface area contributed by atoms with Crippen molar-refractivity contribution in [2.45, 2.75) is 32.2 Å². The molecule has 21 heavy (non-hydrogen) atoms. The molecule has 0 unspecified atom stereocenters. The summed E-state index contributed by atoms with van der Waals surface area (Å²) in [6.45, 7) is 6.36. The zero-order chi connectivity index (χ0) is 13.7. The van der Waals surface area contributed by atoms with Crippen LogP contribution in [0.25, 0.3) is 0 Å². The first-order chi connectivity index (χ1) is 9.24. The van der Waals surface area contributed by atoms with E-state index in [0.29, 0.717) is 16.1 Å². The molecule has 1 aliphatic heterocycles. The van der Waals surface area contributed by atoms with Crippen LogP contribution in [0.3, 0.4) is 0 Å². The molecule has 2 rings (SSSR count). The molecule has 0 saturated carbocycles. The van der Waals surface area contributed by atoms with Crippen LogP contribution in [0.2, 0.25) is 10.0 Å². The number of unbranched alkanes of at least 4 members (excludes halogenated alkanes) is 1. The lowest BCUT2D eigenvalue weighted by atomic mass is 9.99. The first-order valence-corrected chi connectivity index (χ1v) is 7.73. The summed E-state index contributed by atoms with van der Waals surface area (Å²) in [6, 6.07) is 0.310. The topological polar surface area (TPSA) is 28.2 Å². The molecule has 7 heteroatoms. The van der Waals surface area contributed by atoms with Crippen molar-refractivity contribution in [3.63, 3.8) is 0 Å². The number of nitrogens with one attached hydrogen (secondary N) is 1. The molecular weight excluding hydrogens is 352 g/mol. The molecule has 1 saturated heterocycles. The van der Waals surface area contributed by atoms with Crippen molar-refractivity contribution in [1.29, 1.82) is 0 Å². The fourth-order valence-corrected chi connectivity index (χ4v) is 3.26. The first kappa shape index (κ1) is 21.2. The molecule has 1 atom stereocenters. The lowest BCUT2D eigenvalue weighted by Crippen LogP contribution is -2.45. The van der Waals surface area contributed by atoms with Crippen LogP contribution in [0, 0.1) is 0 Å².